The summed E-state index contributed by atoms with van der Waals surface area (Å²) < 4.78 is 0. The predicted molar refractivity (Wildman–Crippen MR) is 66.3 cm³/mol. The highest BCUT2D eigenvalue weighted by Gasteiger charge is 2.05. The maximum atomic E-state index is 6.14. The molecule has 0 saturated carbocycles. The van der Waals surface area contributed by atoms with Crippen molar-refractivity contribution in [3.8, 4) is 0 Å². The van der Waals surface area contributed by atoms with Gasteiger partial charge in [0.15, 0.2) is 0 Å². The first kappa shape index (κ1) is 10.3. The van der Waals surface area contributed by atoms with Crippen molar-refractivity contribution in [1.29, 1.82) is 0 Å². The first-order chi connectivity index (χ1) is 7.27. The van der Waals surface area contributed by atoms with E-state index in [9.17, 15) is 0 Å². The zero-order valence-electron chi connectivity index (χ0n) is 8.76. The molecule has 0 heterocycles. The normalized spacial score (nSPS) is 14.9. The van der Waals surface area contributed by atoms with E-state index < -0.39 is 0 Å². The van der Waals surface area contributed by atoms with Crippen LogP contribution in [0.1, 0.15) is 18.4 Å². The number of benzene rings is 1. The Kier molecular flexibility index (Phi) is 3.12. The summed E-state index contributed by atoms with van der Waals surface area (Å²) in [5, 5.41) is 4.18. The van der Waals surface area contributed by atoms with Gasteiger partial charge in [-0.3, -0.25) is 0 Å². The number of hydrogen-bond acceptors (Lipinski definition) is 1. The second kappa shape index (κ2) is 4.54. The lowest BCUT2D eigenvalue weighted by atomic mass is 10.1. The Hall–Kier alpha value is -1.21. The largest absolute Gasteiger partial charge is 0.357 e. The van der Waals surface area contributed by atoms with Crippen LogP contribution in [0.15, 0.2) is 42.1 Å². The van der Waals surface area contributed by atoms with Crippen LogP contribution < -0.4 is 5.32 Å². The molecule has 1 aliphatic carbocycles. The van der Waals surface area contributed by atoms with Gasteiger partial charge < -0.3 is 5.32 Å². The van der Waals surface area contributed by atoms with Crippen molar-refractivity contribution < 1.29 is 0 Å². The molecule has 0 fully saturated rings. The fourth-order valence-corrected chi connectivity index (χ4v) is 1.93. The second-order valence-corrected chi connectivity index (χ2v) is 4.12. The summed E-state index contributed by atoms with van der Waals surface area (Å²) in [5.41, 5.74) is 3.44. The summed E-state index contributed by atoms with van der Waals surface area (Å²) in [6.45, 7) is 2.06. The van der Waals surface area contributed by atoms with Crippen LogP contribution in [-0.2, 0) is 0 Å². The molecule has 0 bridgehead atoms. The van der Waals surface area contributed by atoms with Crippen LogP contribution in [0.2, 0.25) is 5.02 Å². The smallest absolute Gasteiger partial charge is 0.0643 e. The number of hydrogen-bond donors (Lipinski definition) is 1. The SMILES string of the molecule is Cc1cccc(Cl)c1NC1=CC=CCC1. The van der Waals surface area contributed by atoms with Crippen molar-refractivity contribution in [3.63, 3.8) is 0 Å². The van der Waals surface area contributed by atoms with E-state index in [0.29, 0.717) is 0 Å². The molecule has 78 valence electrons. The van der Waals surface area contributed by atoms with Crippen LogP contribution >= 0.6 is 11.6 Å². The Morgan fingerprint density at radius 2 is 2.20 bits per heavy atom. The van der Waals surface area contributed by atoms with E-state index in [1.54, 1.807) is 0 Å². The molecule has 0 aromatic heterocycles. The van der Waals surface area contributed by atoms with Crippen LogP contribution in [0.5, 0.6) is 0 Å². The predicted octanol–water partition coefficient (Wildman–Crippen LogP) is 4.29. The van der Waals surface area contributed by atoms with Gasteiger partial charge in [-0.25, -0.2) is 0 Å². The maximum Gasteiger partial charge on any atom is 0.0643 e. The molecule has 0 saturated heterocycles. The summed E-state index contributed by atoms with van der Waals surface area (Å²) >= 11 is 6.14. The second-order valence-electron chi connectivity index (χ2n) is 3.72. The van der Waals surface area contributed by atoms with Gasteiger partial charge in [-0.05, 0) is 37.5 Å². The molecule has 15 heavy (non-hydrogen) atoms. The summed E-state index contributed by atoms with van der Waals surface area (Å²) in [6.07, 6.45) is 8.51. The highest BCUT2D eigenvalue weighted by Crippen LogP contribution is 2.27. The molecule has 0 spiro atoms. The van der Waals surface area contributed by atoms with Gasteiger partial charge in [-0.2, -0.15) is 0 Å². The number of nitrogens with one attached hydrogen (secondary N) is 1. The lowest BCUT2D eigenvalue weighted by molar-refractivity contribution is 0.966. The number of para-hydroxylation sites is 1. The fourth-order valence-electron chi connectivity index (χ4n) is 1.66. The Morgan fingerprint density at radius 1 is 1.33 bits per heavy atom. The maximum absolute atomic E-state index is 6.14. The van der Waals surface area contributed by atoms with Gasteiger partial charge in [0.25, 0.3) is 0 Å². The van der Waals surface area contributed by atoms with Gasteiger partial charge in [-0.15, -0.1) is 0 Å². The summed E-state index contributed by atoms with van der Waals surface area (Å²) in [7, 11) is 0. The third kappa shape index (κ3) is 2.42. The zero-order chi connectivity index (χ0) is 10.7. The molecule has 1 aromatic rings. The number of halogens is 1. The molecule has 2 heteroatoms. The molecule has 1 aromatic carbocycles. The lowest BCUT2D eigenvalue weighted by Gasteiger charge is -2.15. The van der Waals surface area contributed by atoms with E-state index in [2.05, 4.69) is 36.5 Å². The molecule has 0 aliphatic heterocycles. The van der Waals surface area contributed by atoms with Crippen molar-refractivity contribution in [3.05, 3.63) is 52.7 Å². The van der Waals surface area contributed by atoms with Gasteiger partial charge >= 0.3 is 0 Å². The van der Waals surface area contributed by atoms with Gasteiger partial charge in [0.05, 0.1) is 10.7 Å². The average Bonchev–Trinajstić information content (AvgIpc) is 2.25. The van der Waals surface area contributed by atoms with Crippen molar-refractivity contribution in [2.45, 2.75) is 19.8 Å². The van der Waals surface area contributed by atoms with E-state index in [1.807, 2.05) is 12.1 Å². The summed E-state index contributed by atoms with van der Waals surface area (Å²) in [6, 6.07) is 5.95. The Labute approximate surface area is 95.5 Å². The van der Waals surface area contributed by atoms with E-state index in [4.69, 9.17) is 11.6 Å². The number of anilines is 1. The zero-order valence-corrected chi connectivity index (χ0v) is 9.51. The van der Waals surface area contributed by atoms with Gasteiger partial charge in [0.2, 0.25) is 0 Å². The third-order valence-electron chi connectivity index (χ3n) is 2.52. The molecular formula is C13H14ClN. The minimum absolute atomic E-state index is 0.783. The van der Waals surface area contributed by atoms with Crippen LogP contribution in [0.4, 0.5) is 5.69 Å². The fraction of sp³-hybridized carbons (Fsp3) is 0.231. The number of allylic oxidation sites excluding steroid dienone is 4. The van der Waals surface area contributed by atoms with Crippen LogP contribution in [0.3, 0.4) is 0 Å². The molecule has 1 aliphatic rings. The molecular weight excluding hydrogens is 206 g/mol. The molecule has 1 nitrogen and oxygen atoms in total. The number of aryl methyl sites for hydroxylation is 1. The quantitative estimate of drug-likeness (QED) is 0.782. The van der Waals surface area contributed by atoms with E-state index >= 15 is 0 Å². The molecule has 0 amide bonds. The third-order valence-corrected chi connectivity index (χ3v) is 2.84. The molecule has 0 radical (unpaired) electrons. The van der Waals surface area contributed by atoms with E-state index in [-0.39, 0.29) is 0 Å². The van der Waals surface area contributed by atoms with Gasteiger partial charge in [0.1, 0.15) is 0 Å². The average molecular weight is 220 g/mol. The van der Waals surface area contributed by atoms with Crippen LogP contribution in [0.25, 0.3) is 0 Å². The minimum atomic E-state index is 0.783. The van der Waals surface area contributed by atoms with Crippen molar-refractivity contribution >= 4 is 17.3 Å². The van der Waals surface area contributed by atoms with Crippen molar-refractivity contribution in [1.82, 2.24) is 0 Å². The monoisotopic (exact) mass is 219 g/mol. The van der Waals surface area contributed by atoms with Crippen molar-refractivity contribution in [2.24, 2.45) is 0 Å². The molecule has 1 N–H and O–H groups in total. The standard InChI is InChI=1S/C13H14ClN/c1-10-6-5-9-12(14)13(10)15-11-7-3-2-4-8-11/h2-3,5-7,9,15H,4,8H2,1H3. The molecule has 0 unspecified atom stereocenters. The first-order valence-corrected chi connectivity index (χ1v) is 5.53. The topological polar surface area (TPSA) is 12.0 Å². The Bertz CT molecular complexity index is 398. The number of rotatable bonds is 2. The Morgan fingerprint density at radius 3 is 2.87 bits per heavy atom. The Balaban J connectivity index is 2.23. The molecule has 2 rings (SSSR count). The van der Waals surface area contributed by atoms with Gasteiger partial charge in [-0.1, -0.05) is 35.9 Å². The van der Waals surface area contributed by atoms with Crippen LogP contribution in [0, 0.1) is 6.92 Å². The highest BCUT2D eigenvalue weighted by atomic mass is 35.5. The first-order valence-electron chi connectivity index (χ1n) is 5.15. The van der Waals surface area contributed by atoms with E-state index in [0.717, 1.165) is 23.6 Å². The van der Waals surface area contributed by atoms with Crippen LogP contribution in [-0.4, -0.2) is 0 Å². The molecule has 0 atom stereocenters. The van der Waals surface area contributed by atoms with Crippen molar-refractivity contribution in [2.75, 3.05) is 5.32 Å². The minimum Gasteiger partial charge on any atom is -0.357 e. The van der Waals surface area contributed by atoms with E-state index in [1.165, 1.54) is 11.3 Å². The lowest BCUT2D eigenvalue weighted by Crippen LogP contribution is -2.03. The van der Waals surface area contributed by atoms with Gasteiger partial charge in [0, 0.05) is 5.70 Å². The summed E-state index contributed by atoms with van der Waals surface area (Å²) in [4.78, 5) is 0. The summed E-state index contributed by atoms with van der Waals surface area (Å²) in [5.74, 6) is 0. The highest BCUT2D eigenvalue weighted by molar-refractivity contribution is 6.33.